The SMILES string of the molecule is CC1=C(C(=O)O)[C@@H](C)C2C(=C1)Cc1cc(C)ccc12. The molecule has 0 saturated heterocycles. The molecular formula is C17H18O2. The van der Waals surface area contributed by atoms with Crippen LogP contribution in [0.3, 0.4) is 0 Å². The fourth-order valence-corrected chi connectivity index (χ4v) is 3.70. The first-order valence-electron chi connectivity index (χ1n) is 6.73. The van der Waals surface area contributed by atoms with E-state index in [4.69, 9.17) is 0 Å². The van der Waals surface area contributed by atoms with Crippen molar-refractivity contribution in [2.45, 2.75) is 33.1 Å². The van der Waals surface area contributed by atoms with Crippen LogP contribution in [0.5, 0.6) is 0 Å². The maximum Gasteiger partial charge on any atom is 0.332 e. The number of benzene rings is 1. The smallest absolute Gasteiger partial charge is 0.332 e. The van der Waals surface area contributed by atoms with E-state index in [1.165, 1.54) is 22.3 Å². The van der Waals surface area contributed by atoms with Gasteiger partial charge in [-0.3, -0.25) is 0 Å². The molecule has 0 fully saturated rings. The van der Waals surface area contributed by atoms with Crippen molar-refractivity contribution >= 4 is 5.97 Å². The Morgan fingerprint density at radius 2 is 2.05 bits per heavy atom. The number of aryl methyl sites for hydroxylation is 1. The van der Waals surface area contributed by atoms with Gasteiger partial charge in [0.05, 0.1) is 0 Å². The molecule has 0 amide bonds. The highest BCUT2D eigenvalue weighted by atomic mass is 16.4. The molecule has 0 bridgehead atoms. The Kier molecular flexibility index (Phi) is 2.63. The van der Waals surface area contributed by atoms with Crippen LogP contribution in [0.4, 0.5) is 0 Å². The largest absolute Gasteiger partial charge is 0.478 e. The third-order valence-corrected chi connectivity index (χ3v) is 4.44. The Balaban J connectivity index is 2.13. The Bertz CT molecular complexity index is 635. The molecule has 1 aromatic carbocycles. The van der Waals surface area contributed by atoms with Gasteiger partial charge in [0.1, 0.15) is 0 Å². The molecule has 2 aliphatic rings. The van der Waals surface area contributed by atoms with Crippen LogP contribution in [0.1, 0.15) is 36.5 Å². The lowest BCUT2D eigenvalue weighted by atomic mass is 9.75. The van der Waals surface area contributed by atoms with E-state index in [0.29, 0.717) is 5.57 Å². The Morgan fingerprint density at radius 1 is 1.32 bits per heavy atom. The summed E-state index contributed by atoms with van der Waals surface area (Å²) in [6.45, 7) is 6.06. The lowest BCUT2D eigenvalue weighted by molar-refractivity contribution is -0.133. The number of hydrogen-bond donors (Lipinski definition) is 1. The number of carboxylic acid groups (broad SMARTS) is 1. The summed E-state index contributed by atoms with van der Waals surface area (Å²) >= 11 is 0. The molecule has 0 aromatic heterocycles. The average molecular weight is 254 g/mol. The number of hydrogen-bond acceptors (Lipinski definition) is 1. The van der Waals surface area contributed by atoms with Crippen molar-refractivity contribution in [1.29, 1.82) is 0 Å². The average Bonchev–Trinajstić information content (AvgIpc) is 2.65. The molecule has 3 rings (SSSR count). The second-order valence-electron chi connectivity index (χ2n) is 5.77. The predicted molar refractivity (Wildman–Crippen MR) is 75.2 cm³/mol. The first kappa shape index (κ1) is 12.2. The minimum atomic E-state index is -0.777. The molecule has 0 saturated carbocycles. The van der Waals surface area contributed by atoms with Gasteiger partial charge in [-0.15, -0.1) is 0 Å². The Labute approximate surface area is 113 Å². The van der Waals surface area contributed by atoms with Crippen molar-refractivity contribution in [1.82, 2.24) is 0 Å². The first-order chi connectivity index (χ1) is 8.99. The maximum absolute atomic E-state index is 11.4. The topological polar surface area (TPSA) is 37.3 Å². The van der Waals surface area contributed by atoms with E-state index in [9.17, 15) is 9.90 Å². The summed E-state index contributed by atoms with van der Waals surface area (Å²) in [5.41, 5.74) is 6.81. The zero-order chi connectivity index (χ0) is 13.7. The Morgan fingerprint density at radius 3 is 2.74 bits per heavy atom. The summed E-state index contributed by atoms with van der Waals surface area (Å²) in [4.78, 5) is 11.4. The summed E-state index contributed by atoms with van der Waals surface area (Å²) in [6, 6.07) is 6.53. The van der Waals surface area contributed by atoms with E-state index in [2.05, 4.69) is 31.2 Å². The van der Waals surface area contributed by atoms with Crippen molar-refractivity contribution in [2.24, 2.45) is 5.92 Å². The lowest BCUT2D eigenvalue weighted by Gasteiger charge is -2.28. The highest BCUT2D eigenvalue weighted by Gasteiger charge is 2.38. The van der Waals surface area contributed by atoms with E-state index < -0.39 is 5.97 Å². The van der Waals surface area contributed by atoms with Crippen LogP contribution in [0.25, 0.3) is 0 Å². The molecule has 2 atom stereocenters. The highest BCUT2D eigenvalue weighted by molar-refractivity contribution is 5.89. The lowest BCUT2D eigenvalue weighted by Crippen LogP contribution is -2.21. The Hall–Kier alpha value is -1.83. The van der Waals surface area contributed by atoms with Crippen molar-refractivity contribution in [3.63, 3.8) is 0 Å². The van der Waals surface area contributed by atoms with Gasteiger partial charge < -0.3 is 5.11 Å². The van der Waals surface area contributed by atoms with Crippen molar-refractivity contribution in [2.75, 3.05) is 0 Å². The number of fused-ring (bicyclic) bond motifs is 3. The number of carboxylic acids is 1. The van der Waals surface area contributed by atoms with Crippen LogP contribution >= 0.6 is 0 Å². The predicted octanol–water partition coefficient (Wildman–Crippen LogP) is 3.61. The molecule has 2 heteroatoms. The quantitative estimate of drug-likeness (QED) is 0.831. The molecule has 19 heavy (non-hydrogen) atoms. The first-order valence-corrected chi connectivity index (χ1v) is 6.73. The number of rotatable bonds is 1. The van der Waals surface area contributed by atoms with Crippen LogP contribution in [0.15, 0.2) is 41.0 Å². The van der Waals surface area contributed by atoms with Gasteiger partial charge >= 0.3 is 5.97 Å². The molecule has 1 aromatic rings. The van der Waals surface area contributed by atoms with Gasteiger partial charge in [-0.25, -0.2) is 4.79 Å². The summed E-state index contributed by atoms with van der Waals surface area (Å²) in [6.07, 6.45) is 3.06. The molecule has 1 N–H and O–H groups in total. The maximum atomic E-state index is 11.4. The highest BCUT2D eigenvalue weighted by Crippen LogP contribution is 2.48. The van der Waals surface area contributed by atoms with Gasteiger partial charge in [0.15, 0.2) is 0 Å². The second kappa shape index (κ2) is 4.09. The van der Waals surface area contributed by atoms with E-state index >= 15 is 0 Å². The molecule has 98 valence electrons. The van der Waals surface area contributed by atoms with Gasteiger partial charge in [-0.05, 0) is 42.9 Å². The summed E-state index contributed by atoms with van der Waals surface area (Å²) < 4.78 is 0. The van der Waals surface area contributed by atoms with Crippen LogP contribution in [-0.4, -0.2) is 11.1 Å². The zero-order valence-corrected chi connectivity index (χ0v) is 11.5. The van der Waals surface area contributed by atoms with Crippen molar-refractivity contribution in [3.05, 3.63) is 57.7 Å². The third kappa shape index (κ3) is 1.74. The van der Waals surface area contributed by atoms with E-state index in [0.717, 1.165) is 12.0 Å². The molecule has 1 unspecified atom stereocenters. The molecule has 0 spiro atoms. The van der Waals surface area contributed by atoms with Crippen LogP contribution < -0.4 is 0 Å². The fourth-order valence-electron chi connectivity index (χ4n) is 3.70. The fraction of sp³-hybridized carbons (Fsp3) is 0.353. The minimum absolute atomic E-state index is 0.0569. The molecule has 0 aliphatic heterocycles. The molecule has 0 heterocycles. The minimum Gasteiger partial charge on any atom is -0.478 e. The van der Waals surface area contributed by atoms with E-state index in [-0.39, 0.29) is 11.8 Å². The van der Waals surface area contributed by atoms with Crippen LogP contribution in [0, 0.1) is 12.8 Å². The van der Waals surface area contributed by atoms with Gasteiger partial charge in [0, 0.05) is 11.5 Å². The number of allylic oxidation sites excluding steroid dienone is 3. The summed E-state index contributed by atoms with van der Waals surface area (Å²) in [5, 5.41) is 9.40. The number of aliphatic carboxylic acids is 1. The standard InChI is InChI=1S/C17H18O2/c1-9-4-5-14-12(6-9)8-13-7-10(2)15(17(18)19)11(3)16(13)14/h4-7,11,16H,8H2,1-3H3,(H,18,19)/t11-,16?/m1/s1. The van der Waals surface area contributed by atoms with Gasteiger partial charge in [-0.2, -0.15) is 0 Å². The molecule has 2 aliphatic carbocycles. The van der Waals surface area contributed by atoms with Gasteiger partial charge in [0.25, 0.3) is 0 Å². The summed E-state index contributed by atoms with van der Waals surface area (Å²) in [5.74, 6) is -0.465. The van der Waals surface area contributed by atoms with E-state index in [1.807, 2.05) is 13.8 Å². The molecule has 2 nitrogen and oxygen atoms in total. The second-order valence-corrected chi connectivity index (χ2v) is 5.77. The zero-order valence-electron chi connectivity index (χ0n) is 11.5. The van der Waals surface area contributed by atoms with Gasteiger partial charge in [0.2, 0.25) is 0 Å². The van der Waals surface area contributed by atoms with Crippen LogP contribution in [-0.2, 0) is 11.2 Å². The monoisotopic (exact) mass is 254 g/mol. The molecule has 0 radical (unpaired) electrons. The van der Waals surface area contributed by atoms with Gasteiger partial charge in [-0.1, -0.05) is 42.3 Å². The third-order valence-electron chi connectivity index (χ3n) is 4.44. The number of carbonyl (C=O) groups is 1. The van der Waals surface area contributed by atoms with Crippen LogP contribution in [0.2, 0.25) is 0 Å². The normalized spacial score (nSPS) is 24.9. The summed E-state index contributed by atoms with van der Waals surface area (Å²) in [7, 11) is 0. The van der Waals surface area contributed by atoms with E-state index in [1.54, 1.807) is 0 Å². The van der Waals surface area contributed by atoms with Crippen molar-refractivity contribution < 1.29 is 9.90 Å². The van der Waals surface area contributed by atoms with Crippen molar-refractivity contribution in [3.8, 4) is 0 Å². The molecular weight excluding hydrogens is 236 g/mol.